The van der Waals surface area contributed by atoms with Gasteiger partial charge in [0, 0.05) is 37.4 Å². The number of carbonyl (C=O) groups excluding carboxylic acids is 3. The highest BCUT2D eigenvalue weighted by atomic mass is 32.2. The molecule has 0 spiro atoms. The molecule has 1 aromatic rings. The van der Waals surface area contributed by atoms with Gasteiger partial charge in [-0.05, 0) is 63.5 Å². The maximum Gasteiger partial charge on any atom is 0.407 e. The fourth-order valence-corrected chi connectivity index (χ4v) is 6.09. The van der Waals surface area contributed by atoms with Crippen LogP contribution >= 0.6 is 0 Å². The van der Waals surface area contributed by atoms with Crippen LogP contribution in [0.2, 0.25) is 0 Å². The van der Waals surface area contributed by atoms with Gasteiger partial charge in [-0.15, -0.1) is 0 Å². The Morgan fingerprint density at radius 3 is 2.38 bits per heavy atom. The van der Waals surface area contributed by atoms with Gasteiger partial charge in [0.1, 0.15) is 5.60 Å². The third-order valence-electron chi connectivity index (χ3n) is 7.46. The lowest BCUT2D eigenvalue weighted by molar-refractivity contribution is -0.125. The van der Waals surface area contributed by atoms with Crippen molar-refractivity contribution in [3.05, 3.63) is 29.8 Å². The van der Waals surface area contributed by atoms with E-state index in [2.05, 4.69) is 10.6 Å². The number of ether oxygens (including phenoxy) is 1. The molecule has 0 bridgehead atoms. The van der Waals surface area contributed by atoms with Crippen molar-refractivity contribution < 1.29 is 32.6 Å². The predicted molar refractivity (Wildman–Crippen MR) is 165 cm³/mol. The van der Waals surface area contributed by atoms with E-state index >= 15 is 0 Å². The molecule has 1 heterocycles. The van der Waals surface area contributed by atoms with Gasteiger partial charge >= 0.3 is 6.09 Å². The van der Waals surface area contributed by atoms with Gasteiger partial charge in [-0.25, -0.2) is 13.2 Å². The number of benzene rings is 1. The van der Waals surface area contributed by atoms with Crippen molar-refractivity contribution in [2.24, 2.45) is 11.3 Å². The first-order valence-corrected chi connectivity index (χ1v) is 16.8. The average molecular weight is 610 g/mol. The lowest BCUT2D eigenvalue weighted by Crippen LogP contribution is -2.50. The van der Waals surface area contributed by atoms with Crippen molar-refractivity contribution in [2.45, 2.75) is 110 Å². The molecule has 0 fully saturated rings. The molecule has 11 heteroatoms. The van der Waals surface area contributed by atoms with Gasteiger partial charge in [0.2, 0.25) is 11.8 Å². The maximum absolute atomic E-state index is 13.7. The maximum atomic E-state index is 13.7. The molecule has 10 nitrogen and oxygen atoms in total. The number of fused-ring (bicyclic) bond motifs is 1. The summed E-state index contributed by atoms with van der Waals surface area (Å²) in [6, 6.07) is 6.51. The number of nitrogens with zero attached hydrogens (tertiary/aromatic N) is 1. The third-order valence-corrected chi connectivity index (χ3v) is 8.99. The van der Waals surface area contributed by atoms with E-state index in [9.17, 15) is 27.9 Å². The summed E-state index contributed by atoms with van der Waals surface area (Å²) in [4.78, 5) is 40.5. The Bertz CT molecular complexity index is 1190. The van der Waals surface area contributed by atoms with Gasteiger partial charge in [-0.3, -0.25) is 9.59 Å². The van der Waals surface area contributed by atoms with Gasteiger partial charge in [-0.2, -0.15) is 0 Å². The second kappa shape index (κ2) is 14.7. The van der Waals surface area contributed by atoms with Gasteiger partial charge in [0.15, 0.2) is 9.84 Å². The van der Waals surface area contributed by atoms with Crippen molar-refractivity contribution in [2.75, 3.05) is 24.2 Å². The summed E-state index contributed by atoms with van der Waals surface area (Å²) < 4.78 is 30.3. The quantitative estimate of drug-likeness (QED) is 0.287. The lowest BCUT2D eigenvalue weighted by atomic mass is 9.79. The summed E-state index contributed by atoms with van der Waals surface area (Å²) in [7, 11) is -3.38. The Labute approximate surface area is 251 Å². The van der Waals surface area contributed by atoms with Gasteiger partial charge in [0.05, 0.1) is 17.4 Å². The first kappa shape index (κ1) is 35.5. The number of hydrogen-bond acceptors (Lipinski definition) is 7. The highest BCUT2D eigenvalue weighted by Gasteiger charge is 2.38. The molecule has 0 aromatic heterocycles. The summed E-state index contributed by atoms with van der Waals surface area (Å²) in [6.07, 6.45) is 1.94. The summed E-state index contributed by atoms with van der Waals surface area (Å²) >= 11 is 0. The van der Waals surface area contributed by atoms with E-state index in [-0.39, 0.29) is 37.6 Å². The Balaban J connectivity index is 2.23. The highest BCUT2D eigenvalue weighted by molar-refractivity contribution is 7.91. The minimum absolute atomic E-state index is 0.0457. The third kappa shape index (κ3) is 11.2. The van der Waals surface area contributed by atoms with Crippen LogP contribution in [0.1, 0.15) is 86.1 Å². The topological polar surface area (TPSA) is 142 Å². The molecule has 0 aliphatic carbocycles. The van der Waals surface area contributed by atoms with E-state index in [1.165, 1.54) is 6.26 Å². The Morgan fingerprint density at radius 1 is 1.14 bits per heavy atom. The zero-order valence-corrected chi connectivity index (χ0v) is 27.3. The molecule has 1 aliphatic heterocycles. The standard InChI is InChI=1S/C31H51N3O7S/c1-9-10-15-32-28(37)21(2)16-26(35)24(33-29(38)41-30(3,4)5)18-31(6,7)19-27(36)34-20-23(42(8,39)40)17-22-13-11-12-14-25(22)34/h11-14,21,23-24,26,35H,9-10,15-20H2,1-8H3,(H,32,37)(H,33,38)/t21-,23?,24+,26+/m1/s1. The number of aliphatic hydroxyl groups excluding tert-OH is 1. The van der Waals surface area contributed by atoms with Gasteiger partial charge in [0.25, 0.3) is 0 Å². The molecule has 1 aromatic carbocycles. The molecule has 238 valence electrons. The van der Waals surface area contributed by atoms with Crippen LogP contribution in [0, 0.1) is 11.3 Å². The SMILES string of the molecule is CCCCNC(=O)[C@H](C)C[C@H](O)[C@H](CC(C)(C)CC(=O)N1CC(S(C)(=O)=O)Cc2ccccc21)NC(=O)OC(C)(C)C. The first-order chi connectivity index (χ1) is 19.3. The van der Waals surface area contributed by atoms with E-state index in [1.807, 2.05) is 45.0 Å². The second-order valence-corrected chi connectivity index (χ2v) is 15.8. The zero-order valence-electron chi connectivity index (χ0n) is 26.5. The number of unbranched alkanes of at least 4 members (excludes halogenated alkanes) is 1. The number of nitrogens with one attached hydrogen (secondary N) is 2. The number of hydrogen-bond donors (Lipinski definition) is 3. The molecule has 1 aliphatic rings. The number of para-hydroxylation sites is 1. The van der Waals surface area contributed by atoms with E-state index in [0.717, 1.165) is 18.4 Å². The van der Waals surface area contributed by atoms with E-state index in [4.69, 9.17) is 4.74 Å². The average Bonchev–Trinajstić information content (AvgIpc) is 2.85. The number of aliphatic hydroxyl groups is 1. The molecule has 0 saturated carbocycles. The smallest absolute Gasteiger partial charge is 0.407 e. The molecular formula is C31H51N3O7S. The lowest BCUT2D eigenvalue weighted by Gasteiger charge is -2.37. The van der Waals surface area contributed by atoms with Crippen LogP contribution in [0.25, 0.3) is 0 Å². The molecule has 3 N–H and O–H groups in total. The monoisotopic (exact) mass is 609 g/mol. The highest BCUT2D eigenvalue weighted by Crippen LogP contribution is 2.34. The number of alkyl carbamates (subject to hydrolysis) is 1. The fraction of sp³-hybridized carbons (Fsp3) is 0.710. The van der Waals surface area contributed by atoms with Crippen molar-refractivity contribution in [1.82, 2.24) is 10.6 Å². The molecular weight excluding hydrogens is 558 g/mol. The normalized spacial score (nSPS) is 17.9. The van der Waals surface area contributed by atoms with E-state index < -0.39 is 50.3 Å². The zero-order chi connectivity index (χ0) is 31.9. The van der Waals surface area contributed by atoms with E-state index in [0.29, 0.717) is 18.7 Å². The number of anilines is 1. The molecule has 3 amide bonds. The summed E-state index contributed by atoms with van der Waals surface area (Å²) in [5, 5.41) is 16.2. The van der Waals surface area contributed by atoms with Crippen LogP contribution < -0.4 is 15.5 Å². The number of rotatable bonds is 13. The Kier molecular flexibility index (Phi) is 12.4. The Hall–Kier alpha value is -2.66. The fourth-order valence-electron chi connectivity index (χ4n) is 5.19. The van der Waals surface area contributed by atoms with Crippen molar-refractivity contribution in [3.63, 3.8) is 0 Å². The first-order valence-electron chi connectivity index (χ1n) is 14.9. The van der Waals surface area contributed by atoms with Crippen LogP contribution in [0.3, 0.4) is 0 Å². The molecule has 2 rings (SSSR count). The number of sulfone groups is 1. The number of amides is 3. The van der Waals surface area contributed by atoms with Crippen molar-refractivity contribution >= 4 is 33.4 Å². The van der Waals surface area contributed by atoms with Crippen LogP contribution in [0.5, 0.6) is 0 Å². The molecule has 0 radical (unpaired) electrons. The summed E-state index contributed by atoms with van der Waals surface area (Å²) in [6.45, 7) is 13.3. The van der Waals surface area contributed by atoms with Crippen molar-refractivity contribution in [3.8, 4) is 0 Å². The molecule has 4 atom stereocenters. The summed E-state index contributed by atoms with van der Waals surface area (Å²) in [5.41, 5.74) is 0.0353. The molecule has 42 heavy (non-hydrogen) atoms. The van der Waals surface area contributed by atoms with Crippen molar-refractivity contribution in [1.29, 1.82) is 0 Å². The molecule has 0 saturated heterocycles. The predicted octanol–water partition coefficient (Wildman–Crippen LogP) is 3.99. The Morgan fingerprint density at radius 2 is 1.79 bits per heavy atom. The minimum Gasteiger partial charge on any atom is -0.444 e. The van der Waals surface area contributed by atoms with E-state index in [1.54, 1.807) is 32.6 Å². The molecule has 1 unspecified atom stereocenters. The largest absolute Gasteiger partial charge is 0.444 e. The van der Waals surface area contributed by atoms with Gasteiger partial charge < -0.3 is 25.4 Å². The van der Waals surface area contributed by atoms with Crippen LogP contribution in [-0.2, 0) is 30.6 Å². The minimum atomic E-state index is -3.38. The number of carbonyl (C=O) groups is 3. The summed E-state index contributed by atoms with van der Waals surface area (Å²) in [5.74, 6) is -0.908. The van der Waals surface area contributed by atoms with Crippen LogP contribution in [0.4, 0.5) is 10.5 Å². The van der Waals surface area contributed by atoms with Crippen LogP contribution in [0.15, 0.2) is 24.3 Å². The van der Waals surface area contributed by atoms with Gasteiger partial charge in [-0.1, -0.05) is 52.3 Å². The van der Waals surface area contributed by atoms with Crippen LogP contribution in [-0.4, -0.2) is 73.8 Å². The second-order valence-electron chi connectivity index (χ2n) is 13.4.